The summed E-state index contributed by atoms with van der Waals surface area (Å²) in [4.78, 5) is 0. The van der Waals surface area contributed by atoms with Crippen molar-refractivity contribution in [2.75, 3.05) is 5.73 Å². The lowest BCUT2D eigenvalue weighted by atomic mass is 10.2. The summed E-state index contributed by atoms with van der Waals surface area (Å²) in [5.41, 5.74) is 8.33. The Kier molecular flexibility index (Phi) is 2.16. The minimum Gasteiger partial charge on any atom is -0.384 e. The molecule has 2 N–H and O–H groups in total. The number of anilines is 1. The fraction of sp³-hybridized carbons (Fsp3) is 0.154. The molecule has 2 aromatic heterocycles. The third kappa shape index (κ3) is 1.48. The van der Waals surface area contributed by atoms with Crippen molar-refractivity contribution in [1.29, 1.82) is 0 Å². The van der Waals surface area contributed by atoms with Crippen LogP contribution in [0, 0.1) is 5.82 Å². The van der Waals surface area contributed by atoms with E-state index in [1.54, 1.807) is 17.8 Å². The molecule has 0 saturated heterocycles. The van der Waals surface area contributed by atoms with Gasteiger partial charge in [0.25, 0.3) is 0 Å². The summed E-state index contributed by atoms with van der Waals surface area (Å²) in [5.74, 6) is 0.359. The molecule has 0 unspecified atom stereocenters. The summed E-state index contributed by atoms with van der Waals surface area (Å²) >= 11 is 0. The van der Waals surface area contributed by atoms with Gasteiger partial charge in [-0.2, -0.15) is 5.10 Å². The van der Waals surface area contributed by atoms with Crippen molar-refractivity contribution in [3.05, 3.63) is 36.1 Å². The molecule has 0 bridgehead atoms. The largest absolute Gasteiger partial charge is 0.384 e. The molecule has 18 heavy (non-hydrogen) atoms. The molecular weight excluding hydrogens is 231 g/mol. The van der Waals surface area contributed by atoms with Crippen molar-refractivity contribution >= 4 is 16.7 Å². The van der Waals surface area contributed by atoms with E-state index in [2.05, 4.69) is 5.10 Å². The van der Waals surface area contributed by atoms with Crippen LogP contribution in [-0.2, 0) is 14.1 Å². The Labute approximate surface area is 103 Å². The van der Waals surface area contributed by atoms with Crippen LogP contribution in [-0.4, -0.2) is 14.3 Å². The smallest absolute Gasteiger partial charge is 0.125 e. The molecule has 5 heteroatoms. The third-order valence-corrected chi connectivity index (χ3v) is 3.19. The quantitative estimate of drug-likeness (QED) is 0.714. The van der Waals surface area contributed by atoms with Crippen LogP contribution >= 0.6 is 0 Å². The van der Waals surface area contributed by atoms with E-state index in [0.29, 0.717) is 5.82 Å². The number of aryl methyl sites for hydroxylation is 2. The zero-order valence-corrected chi connectivity index (χ0v) is 10.2. The number of rotatable bonds is 1. The first-order valence-electron chi connectivity index (χ1n) is 5.61. The average molecular weight is 244 g/mol. The van der Waals surface area contributed by atoms with E-state index in [0.717, 1.165) is 22.3 Å². The zero-order chi connectivity index (χ0) is 12.9. The Hall–Kier alpha value is -2.30. The maximum Gasteiger partial charge on any atom is 0.125 e. The topological polar surface area (TPSA) is 48.8 Å². The second kappa shape index (κ2) is 3.60. The van der Waals surface area contributed by atoms with E-state index in [4.69, 9.17) is 5.73 Å². The lowest BCUT2D eigenvalue weighted by Crippen LogP contribution is -1.97. The maximum atomic E-state index is 13.2. The normalized spacial score (nSPS) is 11.3. The van der Waals surface area contributed by atoms with Gasteiger partial charge in [-0.3, -0.25) is 4.68 Å². The highest BCUT2D eigenvalue weighted by Crippen LogP contribution is 2.27. The first-order chi connectivity index (χ1) is 8.56. The van der Waals surface area contributed by atoms with Crippen LogP contribution in [0.3, 0.4) is 0 Å². The number of halogens is 1. The summed E-state index contributed by atoms with van der Waals surface area (Å²) in [7, 11) is 3.68. The molecule has 0 atom stereocenters. The molecule has 3 aromatic rings. The number of nitrogens with two attached hydrogens (primary N) is 1. The minimum atomic E-state index is -0.240. The van der Waals surface area contributed by atoms with Crippen LogP contribution in [0.2, 0.25) is 0 Å². The van der Waals surface area contributed by atoms with Gasteiger partial charge in [-0.25, -0.2) is 4.39 Å². The van der Waals surface area contributed by atoms with Gasteiger partial charge in [-0.05, 0) is 24.3 Å². The van der Waals surface area contributed by atoms with Crippen molar-refractivity contribution in [3.63, 3.8) is 0 Å². The number of hydrogen-bond acceptors (Lipinski definition) is 2. The Morgan fingerprint density at radius 2 is 1.94 bits per heavy atom. The van der Waals surface area contributed by atoms with E-state index in [9.17, 15) is 4.39 Å². The standard InChI is InChI=1S/C13H13FN4/c1-17-11-6-9(14)4-3-8(11)5-12(17)10-7-13(15)18(2)16-10/h3-7H,15H2,1-2H3. The van der Waals surface area contributed by atoms with Crippen LogP contribution in [0.4, 0.5) is 10.2 Å². The molecule has 0 amide bonds. The van der Waals surface area contributed by atoms with Gasteiger partial charge in [0.05, 0.1) is 11.2 Å². The van der Waals surface area contributed by atoms with Crippen molar-refractivity contribution in [2.24, 2.45) is 14.1 Å². The second-order valence-electron chi connectivity index (χ2n) is 4.37. The van der Waals surface area contributed by atoms with Gasteiger partial charge in [0, 0.05) is 25.5 Å². The lowest BCUT2D eigenvalue weighted by molar-refractivity contribution is 0.629. The van der Waals surface area contributed by atoms with Crippen molar-refractivity contribution in [1.82, 2.24) is 14.3 Å². The SMILES string of the molecule is Cn1nc(-c2cc3ccc(F)cc3n2C)cc1N. The predicted octanol–water partition coefficient (Wildman–Crippen LogP) is 2.30. The molecule has 0 aliphatic heterocycles. The fourth-order valence-corrected chi connectivity index (χ4v) is 2.16. The maximum absolute atomic E-state index is 13.2. The average Bonchev–Trinajstić information content (AvgIpc) is 2.82. The predicted molar refractivity (Wildman–Crippen MR) is 69.5 cm³/mol. The molecule has 4 nitrogen and oxygen atoms in total. The minimum absolute atomic E-state index is 0.240. The van der Waals surface area contributed by atoms with Crippen LogP contribution in [0.15, 0.2) is 30.3 Å². The molecule has 3 rings (SSSR count). The fourth-order valence-electron chi connectivity index (χ4n) is 2.16. The molecule has 2 heterocycles. The highest BCUT2D eigenvalue weighted by atomic mass is 19.1. The molecule has 1 aromatic carbocycles. The monoisotopic (exact) mass is 244 g/mol. The molecule has 92 valence electrons. The zero-order valence-electron chi connectivity index (χ0n) is 10.2. The van der Waals surface area contributed by atoms with Gasteiger partial charge in [0.1, 0.15) is 17.3 Å². The van der Waals surface area contributed by atoms with Crippen LogP contribution in [0.25, 0.3) is 22.3 Å². The lowest BCUT2D eigenvalue weighted by Gasteiger charge is -2.00. The number of fused-ring (bicyclic) bond motifs is 1. The first-order valence-corrected chi connectivity index (χ1v) is 5.61. The van der Waals surface area contributed by atoms with E-state index < -0.39 is 0 Å². The highest BCUT2D eigenvalue weighted by molar-refractivity contribution is 5.86. The summed E-state index contributed by atoms with van der Waals surface area (Å²) in [6.07, 6.45) is 0. The molecule has 0 fully saturated rings. The van der Waals surface area contributed by atoms with Crippen molar-refractivity contribution in [2.45, 2.75) is 0 Å². The van der Waals surface area contributed by atoms with Gasteiger partial charge in [-0.1, -0.05) is 0 Å². The van der Waals surface area contributed by atoms with Gasteiger partial charge >= 0.3 is 0 Å². The van der Waals surface area contributed by atoms with E-state index in [-0.39, 0.29) is 5.82 Å². The van der Waals surface area contributed by atoms with Gasteiger partial charge in [0.2, 0.25) is 0 Å². The number of hydrogen-bond donors (Lipinski definition) is 1. The molecule has 0 saturated carbocycles. The van der Waals surface area contributed by atoms with E-state index in [1.807, 2.05) is 23.7 Å². The Morgan fingerprint density at radius 3 is 2.61 bits per heavy atom. The second-order valence-corrected chi connectivity index (χ2v) is 4.37. The summed E-state index contributed by atoms with van der Waals surface area (Å²) in [5, 5.41) is 5.32. The van der Waals surface area contributed by atoms with Crippen LogP contribution in [0.1, 0.15) is 0 Å². The summed E-state index contributed by atoms with van der Waals surface area (Å²) in [6, 6.07) is 8.53. The Balaban J connectivity index is 2.26. The number of nitrogens with zero attached hydrogens (tertiary/aromatic N) is 3. The number of nitrogen functional groups attached to an aromatic ring is 1. The van der Waals surface area contributed by atoms with Crippen molar-refractivity contribution < 1.29 is 4.39 Å². The summed E-state index contributed by atoms with van der Waals surface area (Å²) < 4.78 is 16.8. The third-order valence-electron chi connectivity index (χ3n) is 3.19. The molecule has 0 aliphatic carbocycles. The number of benzene rings is 1. The van der Waals surface area contributed by atoms with E-state index >= 15 is 0 Å². The van der Waals surface area contributed by atoms with Crippen LogP contribution < -0.4 is 5.73 Å². The van der Waals surface area contributed by atoms with Crippen LogP contribution in [0.5, 0.6) is 0 Å². The molecular formula is C13H13FN4. The molecule has 0 radical (unpaired) electrons. The van der Waals surface area contributed by atoms with Crippen molar-refractivity contribution in [3.8, 4) is 11.4 Å². The van der Waals surface area contributed by atoms with Gasteiger partial charge < -0.3 is 10.3 Å². The van der Waals surface area contributed by atoms with Gasteiger partial charge in [-0.15, -0.1) is 0 Å². The highest BCUT2D eigenvalue weighted by Gasteiger charge is 2.12. The summed E-state index contributed by atoms with van der Waals surface area (Å²) in [6.45, 7) is 0. The number of aromatic nitrogens is 3. The first kappa shape index (κ1) is 10.8. The van der Waals surface area contributed by atoms with E-state index in [1.165, 1.54) is 12.1 Å². The Morgan fingerprint density at radius 1 is 1.17 bits per heavy atom. The van der Waals surface area contributed by atoms with Gasteiger partial charge in [0.15, 0.2) is 0 Å². The molecule has 0 aliphatic rings. The Bertz CT molecular complexity index is 719. The molecule has 0 spiro atoms.